The minimum Gasteiger partial charge on any atom is -0.506 e. The van der Waals surface area contributed by atoms with E-state index in [0.717, 1.165) is 17.7 Å². The number of aliphatic hydroxyl groups is 1. The van der Waals surface area contributed by atoms with Crippen molar-refractivity contribution in [2.75, 3.05) is 18.7 Å². The van der Waals surface area contributed by atoms with Crippen LogP contribution in [0.3, 0.4) is 0 Å². The van der Waals surface area contributed by atoms with Gasteiger partial charge in [-0.15, -0.1) is 4.91 Å². The molecule has 0 heterocycles. The number of amides is 1. The van der Waals surface area contributed by atoms with Gasteiger partial charge in [0.25, 0.3) is 0 Å². The van der Waals surface area contributed by atoms with Gasteiger partial charge in [-0.1, -0.05) is 18.2 Å². The van der Waals surface area contributed by atoms with Crippen molar-refractivity contribution in [2.24, 2.45) is 5.29 Å². The second kappa shape index (κ2) is 9.65. The molecular formula is C19H23N3O5. The minimum absolute atomic E-state index is 0.0807. The first-order chi connectivity index (χ1) is 13.0. The smallest absolute Gasteiger partial charge is 0.237 e. The lowest BCUT2D eigenvalue weighted by atomic mass is 10.1. The van der Waals surface area contributed by atoms with Gasteiger partial charge in [-0.2, -0.15) is 5.01 Å². The van der Waals surface area contributed by atoms with Crippen LogP contribution < -0.4 is 15.1 Å². The van der Waals surface area contributed by atoms with E-state index < -0.39 is 6.10 Å². The molecule has 2 aromatic carbocycles. The molecule has 8 nitrogen and oxygen atoms in total. The molecule has 144 valence electrons. The number of phenols is 1. The summed E-state index contributed by atoms with van der Waals surface area (Å²) in [6, 6.07) is 12.0. The Morgan fingerprint density at radius 2 is 1.96 bits per heavy atom. The first kappa shape index (κ1) is 20.3. The number of nitrogens with one attached hydrogen (secondary N) is 1. The van der Waals surface area contributed by atoms with Crippen molar-refractivity contribution in [3.8, 4) is 11.5 Å². The molecule has 2 rings (SSSR count). The van der Waals surface area contributed by atoms with Gasteiger partial charge in [0.1, 0.15) is 17.2 Å². The number of hydrogen-bond donors (Lipinski definition) is 3. The predicted molar refractivity (Wildman–Crippen MR) is 102 cm³/mol. The van der Waals surface area contributed by atoms with E-state index in [-0.39, 0.29) is 30.4 Å². The van der Waals surface area contributed by atoms with Crippen LogP contribution in [0.4, 0.5) is 5.69 Å². The van der Waals surface area contributed by atoms with Crippen LogP contribution in [0.25, 0.3) is 0 Å². The molecule has 3 N–H and O–H groups in total. The van der Waals surface area contributed by atoms with Crippen LogP contribution in [-0.4, -0.2) is 36.3 Å². The number of benzene rings is 2. The second-order valence-electron chi connectivity index (χ2n) is 6.16. The van der Waals surface area contributed by atoms with Crippen molar-refractivity contribution in [2.45, 2.75) is 25.5 Å². The highest BCUT2D eigenvalue weighted by Crippen LogP contribution is 2.30. The minimum atomic E-state index is -0.886. The Hall–Kier alpha value is -2.97. The third-order valence-electron chi connectivity index (χ3n) is 4.18. The van der Waals surface area contributed by atoms with Crippen LogP contribution in [-0.2, 0) is 11.2 Å². The van der Waals surface area contributed by atoms with E-state index in [1.165, 1.54) is 18.2 Å². The summed E-state index contributed by atoms with van der Waals surface area (Å²) in [5.74, 6) is 0.519. The first-order valence-electron chi connectivity index (χ1n) is 8.43. The number of methoxy groups -OCH3 is 1. The summed E-state index contributed by atoms with van der Waals surface area (Å²) in [6.45, 7) is 2.26. The molecule has 2 atom stereocenters. The highest BCUT2D eigenvalue weighted by molar-refractivity contribution is 5.78. The number of hydrogen-bond acceptors (Lipinski definition) is 7. The monoisotopic (exact) mass is 373 g/mol. The van der Waals surface area contributed by atoms with Crippen molar-refractivity contribution in [1.82, 2.24) is 5.32 Å². The number of nitroso groups, excluding NO2 is 1. The quantitative estimate of drug-likeness (QED) is 0.335. The Balaban J connectivity index is 1.96. The average molecular weight is 373 g/mol. The zero-order valence-corrected chi connectivity index (χ0v) is 15.2. The van der Waals surface area contributed by atoms with Crippen molar-refractivity contribution < 1.29 is 19.7 Å². The number of ether oxygens (including phenoxy) is 1. The lowest BCUT2D eigenvalue weighted by Gasteiger charge is -2.19. The zero-order valence-electron chi connectivity index (χ0n) is 15.2. The second-order valence-corrected chi connectivity index (χ2v) is 6.16. The largest absolute Gasteiger partial charge is 0.506 e. The van der Waals surface area contributed by atoms with Gasteiger partial charge in [0.15, 0.2) is 0 Å². The molecule has 1 amide bonds. The number of nitrogens with zero attached hydrogens (tertiary/aromatic N) is 2. The number of phenolic OH excluding ortho intramolecular Hbond substituents is 1. The summed E-state index contributed by atoms with van der Waals surface area (Å²) in [5, 5.41) is 26.4. The van der Waals surface area contributed by atoms with Gasteiger partial charge >= 0.3 is 0 Å². The normalized spacial score (nSPS) is 12.9. The van der Waals surface area contributed by atoms with Crippen LogP contribution in [0.15, 0.2) is 47.8 Å². The van der Waals surface area contributed by atoms with E-state index in [0.29, 0.717) is 10.6 Å². The molecule has 0 fully saturated rings. The van der Waals surface area contributed by atoms with Gasteiger partial charge in [0.2, 0.25) is 6.41 Å². The van der Waals surface area contributed by atoms with Gasteiger partial charge in [-0.05, 0) is 48.7 Å². The summed E-state index contributed by atoms with van der Waals surface area (Å²) in [4.78, 5) is 21.5. The van der Waals surface area contributed by atoms with Gasteiger partial charge in [-0.25, -0.2) is 0 Å². The molecule has 0 saturated heterocycles. The molecule has 0 aliphatic rings. The molecule has 0 radical (unpaired) electrons. The number of carbonyl (C=O) groups is 1. The molecule has 0 aliphatic heterocycles. The van der Waals surface area contributed by atoms with E-state index in [1.807, 2.05) is 31.2 Å². The molecule has 0 unspecified atom stereocenters. The number of rotatable bonds is 10. The molecule has 0 aliphatic carbocycles. The fourth-order valence-corrected chi connectivity index (χ4v) is 2.67. The van der Waals surface area contributed by atoms with Gasteiger partial charge in [0.05, 0.1) is 18.5 Å². The van der Waals surface area contributed by atoms with E-state index in [9.17, 15) is 19.9 Å². The van der Waals surface area contributed by atoms with E-state index in [4.69, 9.17) is 4.74 Å². The molecule has 27 heavy (non-hydrogen) atoms. The fraction of sp³-hybridized carbons (Fsp3) is 0.316. The molecule has 2 aromatic rings. The van der Waals surface area contributed by atoms with Crippen LogP contribution in [0.1, 0.15) is 24.2 Å². The molecule has 0 aromatic heterocycles. The summed E-state index contributed by atoms with van der Waals surface area (Å²) in [6.07, 6.45) is 0.0710. The number of aromatic hydroxyl groups is 1. The lowest BCUT2D eigenvalue weighted by Crippen LogP contribution is -2.32. The van der Waals surface area contributed by atoms with E-state index in [1.54, 1.807) is 7.11 Å². The summed E-state index contributed by atoms with van der Waals surface area (Å²) in [7, 11) is 1.62. The van der Waals surface area contributed by atoms with Crippen LogP contribution in [0.2, 0.25) is 0 Å². The molecule has 0 spiro atoms. The summed E-state index contributed by atoms with van der Waals surface area (Å²) in [5.41, 5.74) is 1.50. The number of carbonyl (C=O) groups excluding carboxylic acids is 1. The lowest BCUT2D eigenvalue weighted by molar-refractivity contribution is -0.107. The van der Waals surface area contributed by atoms with Crippen LogP contribution >= 0.6 is 0 Å². The maximum absolute atomic E-state index is 10.8. The SMILES string of the molecule is COc1ccc(C[C@@H](C)NC[C@H](O)c2ccc(O)c(N(C=O)N=O)c2)cc1. The third-order valence-corrected chi connectivity index (χ3v) is 4.18. The standard InChI is InChI=1S/C19H23N3O5/c1-13(9-14-3-6-16(27-2)7-4-14)20-11-19(25)15-5-8-18(24)17(10-15)22(12-23)21-26/h3-8,10,12-13,19-20,24-25H,9,11H2,1-2H3/t13-,19+/m1/s1. The third kappa shape index (κ3) is 5.50. The van der Waals surface area contributed by atoms with Crippen molar-refractivity contribution in [3.05, 3.63) is 58.5 Å². The molecule has 0 bridgehead atoms. The van der Waals surface area contributed by atoms with Gasteiger partial charge in [0, 0.05) is 12.6 Å². The van der Waals surface area contributed by atoms with Crippen molar-refractivity contribution >= 4 is 12.1 Å². The Morgan fingerprint density at radius 1 is 1.26 bits per heavy atom. The highest BCUT2D eigenvalue weighted by atomic mass is 16.5. The topological polar surface area (TPSA) is 111 Å². The van der Waals surface area contributed by atoms with Gasteiger partial charge in [-0.3, -0.25) is 4.79 Å². The Morgan fingerprint density at radius 3 is 2.56 bits per heavy atom. The molecular weight excluding hydrogens is 350 g/mol. The summed E-state index contributed by atoms with van der Waals surface area (Å²) < 4.78 is 5.14. The Bertz CT molecular complexity index is 758. The van der Waals surface area contributed by atoms with E-state index >= 15 is 0 Å². The fourth-order valence-electron chi connectivity index (χ4n) is 2.67. The average Bonchev–Trinajstić information content (AvgIpc) is 2.69. The first-order valence-corrected chi connectivity index (χ1v) is 8.43. The van der Waals surface area contributed by atoms with E-state index in [2.05, 4.69) is 10.6 Å². The van der Waals surface area contributed by atoms with Crippen molar-refractivity contribution in [1.29, 1.82) is 0 Å². The molecule has 8 heteroatoms. The summed E-state index contributed by atoms with van der Waals surface area (Å²) >= 11 is 0. The van der Waals surface area contributed by atoms with Gasteiger partial charge < -0.3 is 20.3 Å². The van der Waals surface area contributed by atoms with Crippen LogP contribution in [0, 0.1) is 4.91 Å². The molecule has 0 saturated carbocycles. The van der Waals surface area contributed by atoms with Crippen LogP contribution in [0.5, 0.6) is 11.5 Å². The maximum atomic E-state index is 10.8. The Kier molecular flexibility index (Phi) is 7.27. The predicted octanol–water partition coefficient (Wildman–Crippen LogP) is 2.30. The Labute approximate surface area is 157 Å². The zero-order chi connectivity index (χ0) is 19.8. The highest BCUT2D eigenvalue weighted by Gasteiger charge is 2.16. The van der Waals surface area contributed by atoms with Crippen molar-refractivity contribution in [3.63, 3.8) is 0 Å². The maximum Gasteiger partial charge on any atom is 0.237 e. The number of aliphatic hydroxyl groups excluding tert-OH is 1. The number of anilines is 1.